The number of rotatable bonds is 4. The maximum atomic E-state index is 5.87. The number of fused-ring (bicyclic) bond motifs is 2. The predicted molar refractivity (Wildman–Crippen MR) is 66.3 cm³/mol. The van der Waals surface area contributed by atoms with Gasteiger partial charge in [0.1, 0.15) is 0 Å². The molecule has 0 spiro atoms. The molecular formula is C10H17Cl3Si. The highest BCUT2D eigenvalue weighted by atomic mass is 35.8. The summed E-state index contributed by atoms with van der Waals surface area (Å²) in [6, 6.07) is -1.48. The van der Waals surface area contributed by atoms with Crippen LogP contribution in [-0.4, -0.2) is 6.00 Å². The van der Waals surface area contributed by atoms with Crippen LogP contribution >= 0.6 is 33.2 Å². The van der Waals surface area contributed by atoms with E-state index in [-0.39, 0.29) is 0 Å². The quantitative estimate of drug-likeness (QED) is 0.506. The lowest BCUT2D eigenvalue weighted by Gasteiger charge is -2.21. The predicted octanol–water partition coefficient (Wildman–Crippen LogP) is 4.86. The molecule has 0 aliphatic heterocycles. The lowest BCUT2D eigenvalue weighted by atomic mass is 9.86. The van der Waals surface area contributed by atoms with Crippen molar-refractivity contribution >= 4 is 39.2 Å². The Bertz CT molecular complexity index is 202. The van der Waals surface area contributed by atoms with Gasteiger partial charge >= 0.3 is 6.00 Å². The second-order valence-electron chi connectivity index (χ2n) is 4.94. The molecule has 2 bridgehead atoms. The second kappa shape index (κ2) is 4.53. The lowest BCUT2D eigenvalue weighted by molar-refractivity contribution is 0.312. The van der Waals surface area contributed by atoms with Crippen molar-refractivity contribution in [1.29, 1.82) is 0 Å². The fourth-order valence-electron chi connectivity index (χ4n) is 3.29. The van der Waals surface area contributed by atoms with Crippen molar-refractivity contribution in [2.45, 2.75) is 44.6 Å². The smallest absolute Gasteiger partial charge is 0.126 e. The topological polar surface area (TPSA) is 0 Å². The van der Waals surface area contributed by atoms with Crippen LogP contribution in [0.25, 0.3) is 0 Å². The molecule has 0 radical (unpaired) electrons. The third-order valence-corrected chi connectivity index (χ3v) is 6.54. The van der Waals surface area contributed by atoms with Crippen molar-refractivity contribution in [2.24, 2.45) is 17.8 Å². The van der Waals surface area contributed by atoms with E-state index in [2.05, 4.69) is 0 Å². The minimum atomic E-state index is -2.33. The molecule has 2 aliphatic carbocycles. The van der Waals surface area contributed by atoms with Gasteiger partial charge < -0.3 is 0 Å². The lowest BCUT2D eigenvalue weighted by Crippen LogP contribution is -2.13. The first-order valence-electron chi connectivity index (χ1n) is 5.61. The Morgan fingerprint density at radius 2 is 1.86 bits per heavy atom. The molecule has 2 rings (SSSR count). The Labute approximate surface area is 101 Å². The molecular weight excluding hydrogens is 255 g/mol. The van der Waals surface area contributed by atoms with Crippen LogP contribution in [0.2, 0.25) is 6.04 Å². The molecule has 0 saturated heterocycles. The molecule has 0 heterocycles. The van der Waals surface area contributed by atoms with E-state index in [1.165, 1.54) is 32.1 Å². The summed E-state index contributed by atoms with van der Waals surface area (Å²) in [5, 5.41) is 0. The maximum Gasteiger partial charge on any atom is 0.341 e. The molecule has 0 amide bonds. The van der Waals surface area contributed by atoms with Crippen molar-refractivity contribution in [2.75, 3.05) is 0 Å². The maximum absolute atomic E-state index is 5.87. The summed E-state index contributed by atoms with van der Waals surface area (Å²) in [6.45, 7) is 0. The average molecular weight is 272 g/mol. The van der Waals surface area contributed by atoms with Crippen LogP contribution in [0.1, 0.15) is 38.5 Å². The van der Waals surface area contributed by atoms with Crippen LogP contribution in [0.15, 0.2) is 0 Å². The van der Waals surface area contributed by atoms with Gasteiger partial charge in [-0.2, -0.15) is 0 Å². The summed E-state index contributed by atoms with van der Waals surface area (Å²) in [4.78, 5) is 0. The van der Waals surface area contributed by atoms with Crippen LogP contribution in [0.3, 0.4) is 0 Å². The Hall–Kier alpha value is 1.09. The largest absolute Gasteiger partial charge is 0.341 e. The molecule has 2 fully saturated rings. The van der Waals surface area contributed by atoms with Crippen molar-refractivity contribution in [3.63, 3.8) is 0 Å². The van der Waals surface area contributed by atoms with Gasteiger partial charge in [-0.05, 0) is 43.1 Å². The van der Waals surface area contributed by atoms with Gasteiger partial charge in [0.2, 0.25) is 0 Å². The Kier molecular flexibility index (Phi) is 3.74. The molecule has 0 nitrogen and oxygen atoms in total. The van der Waals surface area contributed by atoms with Gasteiger partial charge in [0.25, 0.3) is 0 Å². The van der Waals surface area contributed by atoms with E-state index in [4.69, 9.17) is 33.2 Å². The number of halogens is 3. The zero-order valence-electron chi connectivity index (χ0n) is 8.32. The van der Waals surface area contributed by atoms with Gasteiger partial charge in [0, 0.05) is 0 Å². The summed E-state index contributed by atoms with van der Waals surface area (Å²) in [7, 11) is 0. The standard InChI is InChI=1S/C10H17Cl3Si/c11-14(12,13)5-1-2-9-6-8-3-4-10(9)7-8/h8-10H,1-7H2. The first-order valence-corrected chi connectivity index (χ1v) is 10.9. The minimum absolute atomic E-state index is 0.853. The fourth-order valence-corrected chi connectivity index (χ4v) is 5.10. The first-order chi connectivity index (χ1) is 6.54. The summed E-state index contributed by atoms with van der Waals surface area (Å²) < 4.78 is 0. The molecule has 14 heavy (non-hydrogen) atoms. The molecule has 2 saturated carbocycles. The van der Waals surface area contributed by atoms with Crippen LogP contribution in [0.4, 0.5) is 0 Å². The highest BCUT2D eigenvalue weighted by molar-refractivity contribution is 7.64. The molecule has 2 aliphatic rings. The van der Waals surface area contributed by atoms with E-state index < -0.39 is 6.00 Å². The average Bonchev–Trinajstić information content (AvgIpc) is 2.62. The van der Waals surface area contributed by atoms with Gasteiger partial charge in [0.15, 0.2) is 0 Å². The second-order valence-corrected chi connectivity index (χ2v) is 14.2. The van der Waals surface area contributed by atoms with Gasteiger partial charge in [-0.25, -0.2) is 0 Å². The van der Waals surface area contributed by atoms with Gasteiger partial charge in [-0.3, -0.25) is 0 Å². The fraction of sp³-hybridized carbons (Fsp3) is 1.00. The van der Waals surface area contributed by atoms with Crippen molar-refractivity contribution in [3.05, 3.63) is 0 Å². The highest BCUT2D eigenvalue weighted by Gasteiger charge is 2.39. The van der Waals surface area contributed by atoms with Gasteiger partial charge in [-0.1, -0.05) is 19.3 Å². The molecule has 3 atom stereocenters. The Balaban J connectivity index is 1.67. The van der Waals surface area contributed by atoms with Crippen LogP contribution in [-0.2, 0) is 0 Å². The highest BCUT2D eigenvalue weighted by Crippen LogP contribution is 2.50. The van der Waals surface area contributed by atoms with Crippen molar-refractivity contribution in [1.82, 2.24) is 0 Å². The molecule has 0 N–H and O–H groups in total. The third kappa shape index (κ3) is 3.04. The van der Waals surface area contributed by atoms with E-state index in [1.807, 2.05) is 0 Å². The van der Waals surface area contributed by atoms with Gasteiger partial charge in [0.05, 0.1) is 0 Å². The molecule has 82 valence electrons. The first kappa shape index (κ1) is 11.6. The Morgan fingerprint density at radius 3 is 2.36 bits per heavy atom. The van der Waals surface area contributed by atoms with E-state index in [0.717, 1.165) is 30.2 Å². The monoisotopic (exact) mass is 270 g/mol. The number of hydrogen-bond donors (Lipinski definition) is 0. The zero-order valence-corrected chi connectivity index (χ0v) is 11.6. The summed E-state index contributed by atoms with van der Waals surface area (Å²) >= 11 is 17.6. The van der Waals surface area contributed by atoms with E-state index in [0.29, 0.717) is 0 Å². The molecule has 4 heteroatoms. The molecule has 0 aromatic rings. The van der Waals surface area contributed by atoms with E-state index in [1.54, 1.807) is 0 Å². The molecule has 0 aromatic carbocycles. The SMILES string of the molecule is Cl[Si](Cl)(Cl)CCCC1CC2CCC1C2. The van der Waals surface area contributed by atoms with Crippen LogP contribution < -0.4 is 0 Å². The third-order valence-electron chi connectivity index (χ3n) is 3.92. The minimum Gasteiger partial charge on any atom is -0.126 e. The van der Waals surface area contributed by atoms with Crippen molar-refractivity contribution < 1.29 is 0 Å². The van der Waals surface area contributed by atoms with E-state index >= 15 is 0 Å². The van der Waals surface area contributed by atoms with Crippen LogP contribution in [0, 0.1) is 17.8 Å². The van der Waals surface area contributed by atoms with E-state index in [9.17, 15) is 0 Å². The molecule has 0 aromatic heterocycles. The van der Waals surface area contributed by atoms with Gasteiger partial charge in [-0.15, -0.1) is 33.2 Å². The molecule has 3 unspecified atom stereocenters. The Morgan fingerprint density at radius 1 is 1.07 bits per heavy atom. The normalized spacial score (nSPS) is 36.6. The summed E-state index contributed by atoms with van der Waals surface area (Å²) in [6.07, 6.45) is 8.36. The van der Waals surface area contributed by atoms with Crippen molar-refractivity contribution in [3.8, 4) is 0 Å². The number of hydrogen-bond acceptors (Lipinski definition) is 0. The summed E-state index contributed by atoms with van der Waals surface area (Å²) in [5.41, 5.74) is 0. The van der Waals surface area contributed by atoms with Crippen LogP contribution in [0.5, 0.6) is 0 Å². The summed E-state index contributed by atoms with van der Waals surface area (Å²) in [5.74, 6) is 3.04. The zero-order chi connectivity index (χ0) is 10.2.